The second kappa shape index (κ2) is 31.3. The number of nitrogens with zero attached hydrogens (tertiary/aromatic N) is 8. The van der Waals surface area contributed by atoms with E-state index < -0.39 is 24.1 Å². The van der Waals surface area contributed by atoms with Crippen molar-refractivity contribution in [3.8, 4) is 17.0 Å². The van der Waals surface area contributed by atoms with E-state index in [2.05, 4.69) is 49.7 Å². The fraction of sp³-hybridized carbons (Fsp3) is 0.633. The minimum atomic E-state index is -1.17. The highest BCUT2D eigenvalue weighted by molar-refractivity contribution is 5.91. The Bertz CT molecular complexity index is 2490. The molecule has 2 aromatic carbocycles. The number of ether oxygens (including phenoxy) is 6. The number of carboxylic acid groups (broad SMARTS) is 1. The number of fused-ring (bicyclic) bond motifs is 1. The normalized spacial score (nSPS) is 20.4. The van der Waals surface area contributed by atoms with Crippen LogP contribution in [0.15, 0.2) is 73.1 Å². The zero-order valence-electron chi connectivity index (χ0n) is 47.8. The summed E-state index contributed by atoms with van der Waals surface area (Å²) in [7, 11) is 5.45. The molecular formula is C60H88N10O10. The van der Waals surface area contributed by atoms with Gasteiger partial charge in [0.05, 0.1) is 89.6 Å². The number of carbonyl (C=O) groups excluding carboxylic acids is 2. The van der Waals surface area contributed by atoms with Gasteiger partial charge in [0.25, 0.3) is 0 Å². The van der Waals surface area contributed by atoms with Gasteiger partial charge in [-0.05, 0) is 112 Å². The standard InChI is InChI=1S/C60H88N10O10/c1-44(67(4)60(73)74)56(71)65-55(48-13-9-6-10-14-48)58(72)69-30-26-47-25-29-68(43-54(47)69)28-24-45-15-19-50(20-16-45)79-39-37-77-35-33-75-31-32-76-34-36-78-38-40-80-51-21-17-49(18-22-51)63-59-61-27-23-53(64-59)52-41-62-70(57(52)66(2)3)42-46-11-7-5-8-12-46/h5,7-8,11-12,15-16,19-20,23,27,41,44,47-49,51,54-55H,6,9-10,13-14,17-18,21-22,24-26,28-40,42-43H2,1-4H3,(H,65,71)(H,73,74)(H,61,63,64)/t44-,47?,49-,51-,54?,55-/m0/s1. The quantitative estimate of drug-likeness (QED) is 0.0440. The molecular weight excluding hydrogens is 1020 g/mol. The molecule has 0 spiro atoms. The molecule has 80 heavy (non-hydrogen) atoms. The number of amides is 3. The van der Waals surface area contributed by atoms with Gasteiger partial charge in [-0.15, -0.1) is 0 Å². The van der Waals surface area contributed by atoms with E-state index in [1.807, 2.05) is 72.5 Å². The minimum absolute atomic E-state index is 0.00777. The first-order valence-electron chi connectivity index (χ1n) is 29.3. The van der Waals surface area contributed by atoms with E-state index in [0.29, 0.717) is 91.0 Å². The Kier molecular flexibility index (Phi) is 23.6. The van der Waals surface area contributed by atoms with E-state index in [1.165, 1.54) is 18.2 Å². The maximum Gasteiger partial charge on any atom is 0.407 e. The monoisotopic (exact) mass is 1110 g/mol. The molecule has 2 aliphatic carbocycles. The number of likely N-dealkylation sites (tertiary alicyclic amines) is 2. The largest absolute Gasteiger partial charge is 0.491 e. The number of likely N-dealkylation sites (N-methyl/N-ethyl adjacent to an activating group) is 1. The van der Waals surface area contributed by atoms with Crippen LogP contribution >= 0.6 is 0 Å². The molecule has 4 aliphatic rings. The van der Waals surface area contributed by atoms with Crippen LogP contribution in [0.1, 0.15) is 88.7 Å². The summed E-state index contributed by atoms with van der Waals surface area (Å²) in [6, 6.07) is 19.4. The molecule has 4 fully saturated rings. The lowest BCUT2D eigenvalue weighted by Crippen LogP contribution is -2.59. The number of nitrogens with one attached hydrogen (secondary N) is 2. The van der Waals surface area contributed by atoms with Crippen molar-refractivity contribution in [3.63, 3.8) is 0 Å². The number of benzene rings is 2. The molecule has 20 heteroatoms. The first kappa shape index (κ1) is 60.2. The van der Waals surface area contributed by atoms with Crippen LogP contribution in [-0.2, 0) is 46.2 Å². The predicted octanol–water partition coefficient (Wildman–Crippen LogP) is 6.87. The van der Waals surface area contributed by atoms with Crippen LogP contribution in [0.3, 0.4) is 0 Å². The molecule has 4 atom stereocenters. The summed E-state index contributed by atoms with van der Waals surface area (Å²) in [5.41, 5.74) is 4.23. The molecule has 2 unspecified atom stereocenters. The van der Waals surface area contributed by atoms with Gasteiger partial charge >= 0.3 is 6.09 Å². The number of piperidine rings is 1. The zero-order valence-corrected chi connectivity index (χ0v) is 47.8. The summed E-state index contributed by atoms with van der Waals surface area (Å²) in [6.07, 6.45) is 14.5. The molecule has 20 nitrogen and oxygen atoms in total. The van der Waals surface area contributed by atoms with Crippen LogP contribution in [0, 0.1) is 11.8 Å². The molecule has 4 aromatic rings. The Morgan fingerprint density at radius 2 is 1.41 bits per heavy atom. The van der Waals surface area contributed by atoms with E-state index in [0.717, 1.165) is 124 Å². The first-order valence-corrected chi connectivity index (χ1v) is 29.3. The van der Waals surface area contributed by atoms with Gasteiger partial charge in [-0.25, -0.2) is 19.4 Å². The molecule has 3 N–H and O–H groups in total. The van der Waals surface area contributed by atoms with Crippen LogP contribution in [0.25, 0.3) is 11.3 Å². The summed E-state index contributed by atoms with van der Waals surface area (Å²) < 4.78 is 36.9. The molecule has 8 rings (SSSR count). The second-order valence-electron chi connectivity index (χ2n) is 22.1. The number of hydrogen-bond acceptors (Lipinski definition) is 15. The summed E-state index contributed by atoms with van der Waals surface area (Å²) in [5.74, 6) is 2.51. The Morgan fingerprint density at radius 1 is 0.750 bits per heavy atom. The summed E-state index contributed by atoms with van der Waals surface area (Å²) in [4.78, 5) is 56.2. The number of anilines is 2. The number of aromatic nitrogens is 4. The van der Waals surface area contributed by atoms with Gasteiger partial charge in [-0.1, -0.05) is 61.7 Å². The van der Waals surface area contributed by atoms with Crippen LogP contribution in [0.4, 0.5) is 16.6 Å². The van der Waals surface area contributed by atoms with Crippen LogP contribution in [0.2, 0.25) is 0 Å². The highest BCUT2D eigenvalue weighted by atomic mass is 16.6. The number of carbonyl (C=O) groups is 3. The predicted molar refractivity (Wildman–Crippen MR) is 306 cm³/mol. The molecule has 2 aliphatic heterocycles. The average Bonchev–Trinajstić information content (AvgIpc) is 4.16. The maximum absolute atomic E-state index is 14.3. The van der Waals surface area contributed by atoms with Crippen molar-refractivity contribution in [1.82, 2.24) is 39.8 Å². The van der Waals surface area contributed by atoms with Crippen LogP contribution in [-0.4, -0.2) is 201 Å². The van der Waals surface area contributed by atoms with Gasteiger partial charge in [-0.2, -0.15) is 5.10 Å². The smallest absolute Gasteiger partial charge is 0.407 e. The van der Waals surface area contributed by atoms with E-state index in [1.54, 1.807) is 6.92 Å². The third-order valence-corrected chi connectivity index (χ3v) is 16.4. The highest BCUT2D eigenvalue weighted by Crippen LogP contribution is 2.35. The molecule has 4 heterocycles. The molecule has 0 radical (unpaired) electrons. The van der Waals surface area contributed by atoms with Gasteiger partial charge in [-0.3, -0.25) is 14.5 Å². The third-order valence-electron chi connectivity index (χ3n) is 16.4. The Labute approximate surface area is 473 Å². The summed E-state index contributed by atoms with van der Waals surface area (Å²) in [5, 5.41) is 20.8. The lowest BCUT2D eigenvalue weighted by atomic mass is 9.83. The fourth-order valence-corrected chi connectivity index (χ4v) is 11.7. The summed E-state index contributed by atoms with van der Waals surface area (Å²) >= 11 is 0. The van der Waals surface area contributed by atoms with Gasteiger partial charge in [0.15, 0.2) is 0 Å². The number of rotatable bonds is 31. The topological polar surface area (TPSA) is 207 Å². The van der Waals surface area contributed by atoms with Crippen molar-refractivity contribution in [1.29, 1.82) is 0 Å². The van der Waals surface area contributed by atoms with E-state index in [-0.39, 0.29) is 30.0 Å². The SMILES string of the molecule is C[C@@H](C(=O)N[C@H](C(=O)N1CCC2CCN(CCc3ccc(OCCOCCOCCOCCOCCO[C@H]4CC[C@H](Nc5nccc(-c6cnn(Cc7ccccc7)c6N(C)C)n5)CC4)cc3)CC21)C1CCCCC1)N(C)C(=O)O. The van der Waals surface area contributed by atoms with E-state index in [9.17, 15) is 19.5 Å². The maximum atomic E-state index is 14.3. The van der Waals surface area contributed by atoms with Gasteiger partial charge in [0.2, 0.25) is 17.8 Å². The van der Waals surface area contributed by atoms with Crippen molar-refractivity contribution in [2.75, 3.05) is 124 Å². The molecule has 2 saturated heterocycles. The Hall–Kier alpha value is -5.90. The van der Waals surface area contributed by atoms with Crippen molar-refractivity contribution in [2.24, 2.45) is 11.8 Å². The molecule has 2 saturated carbocycles. The van der Waals surface area contributed by atoms with Crippen molar-refractivity contribution < 1.29 is 47.9 Å². The van der Waals surface area contributed by atoms with Crippen LogP contribution in [0.5, 0.6) is 5.75 Å². The molecule has 2 aromatic heterocycles. The molecule has 0 bridgehead atoms. The van der Waals surface area contributed by atoms with Gasteiger partial charge in [0.1, 0.15) is 30.3 Å². The zero-order chi connectivity index (χ0) is 56.1. The van der Waals surface area contributed by atoms with Gasteiger partial charge in [0, 0.05) is 59.1 Å². The third kappa shape index (κ3) is 17.8. The highest BCUT2D eigenvalue weighted by Gasteiger charge is 2.44. The molecule has 438 valence electrons. The van der Waals surface area contributed by atoms with E-state index in [4.69, 9.17) is 38.5 Å². The minimum Gasteiger partial charge on any atom is -0.491 e. The Morgan fingerprint density at radius 3 is 2.09 bits per heavy atom. The lowest BCUT2D eigenvalue weighted by Gasteiger charge is -2.41. The first-order chi connectivity index (χ1) is 39.0. The van der Waals surface area contributed by atoms with Crippen LogP contribution < -0.4 is 20.3 Å². The van der Waals surface area contributed by atoms with Crippen molar-refractivity contribution in [2.45, 2.75) is 121 Å². The average molecular weight is 1110 g/mol. The fourth-order valence-electron chi connectivity index (χ4n) is 11.7. The van der Waals surface area contributed by atoms with Gasteiger partial charge < -0.3 is 58.9 Å². The lowest BCUT2D eigenvalue weighted by molar-refractivity contribution is -0.141. The van der Waals surface area contributed by atoms with E-state index >= 15 is 0 Å². The molecule has 3 amide bonds. The van der Waals surface area contributed by atoms with Crippen molar-refractivity contribution in [3.05, 3.63) is 84.2 Å². The van der Waals surface area contributed by atoms with Crippen molar-refractivity contribution >= 4 is 29.7 Å². The number of hydrogen-bond donors (Lipinski definition) is 3. The Balaban J connectivity index is 0.611. The second-order valence-corrected chi connectivity index (χ2v) is 22.1. The summed E-state index contributed by atoms with van der Waals surface area (Å²) in [6.45, 7) is 10.6.